The van der Waals surface area contributed by atoms with Gasteiger partial charge in [0.1, 0.15) is 24.9 Å². The minimum atomic E-state index is -0.497. The molecule has 1 unspecified atom stereocenters. The zero-order valence-electron chi connectivity index (χ0n) is 10.1. The van der Waals surface area contributed by atoms with E-state index in [9.17, 15) is 0 Å². The third-order valence-corrected chi connectivity index (χ3v) is 3.37. The highest BCUT2D eigenvalue weighted by molar-refractivity contribution is 6.32. The Hall–Kier alpha value is -2.10. The number of hydrogen-bond acceptors (Lipinski definition) is 3. The fourth-order valence-electron chi connectivity index (χ4n) is 2.42. The van der Waals surface area contributed by atoms with E-state index < -0.39 is 5.54 Å². The number of nitrogens with two attached hydrogens (primary N) is 1. The van der Waals surface area contributed by atoms with Crippen molar-refractivity contribution in [3.05, 3.63) is 59.4 Å². The fourth-order valence-corrected chi connectivity index (χ4v) is 2.42. The molecule has 0 fully saturated rings. The van der Waals surface area contributed by atoms with E-state index in [1.807, 2.05) is 43.3 Å². The minimum Gasteiger partial charge on any atom is -0.382 e. The number of amidine groups is 1. The lowest BCUT2D eigenvalue weighted by Gasteiger charge is -2.23. The molecule has 0 spiro atoms. The van der Waals surface area contributed by atoms with Gasteiger partial charge >= 0.3 is 0 Å². The van der Waals surface area contributed by atoms with Crippen molar-refractivity contribution in [2.24, 2.45) is 10.7 Å². The molecule has 1 aliphatic rings. The number of nitrogens with zero attached hydrogens (tertiary/aromatic N) is 2. The molecule has 2 radical (unpaired) electrons. The summed E-state index contributed by atoms with van der Waals surface area (Å²) in [6.45, 7) is 2.03. The number of rotatable bonds is 1. The summed E-state index contributed by atoms with van der Waals surface area (Å²) in [7, 11) is 5.84. The van der Waals surface area contributed by atoms with Crippen LogP contribution in [0.2, 0.25) is 0 Å². The van der Waals surface area contributed by atoms with Gasteiger partial charge in [-0.05, 0) is 18.6 Å². The Morgan fingerprint density at radius 3 is 2.83 bits per heavy atom. The molecule has 1 atom stereocenters. The molecule has 0 saturated carbocycles. The summed E-state index contributed by atoms with van der Waals surface area (Å²) < 4.78 is 0. The number of pyridine rings is 1. The Labute approximate surface area is 107 Å². The largest absolute Gasteiger partial charge is 0.382 e. The van der Waals surface area contributed by atoms with Crippen LogP contribution in [0.1, 0.15) is 23.7 Å². The standard InChI is InChI=1S/C14H12BN3/c1-14(9-4-2-5-10(15)8-9)11-6-3-7-17-12(11)13(16)18-14/h2-8H,1H3,(H2,16,18). The maximum Gasteiger partial charge on any atom is 0.146 e. The first-order valence-corrected chi connectivity index (χ1v) is 5.78. The molecule has 0 bridgehead atoms. The molecule has 3 nitrogen and oxygen atoms in total. The molecular formula is C14H12BN3. The van der Waals surface area contributed by atoms with Crippen molar-refractivity contribution in [3.8, 4) is 0 Å². The Morgan fingerprint density at radius 2 is 2.06 bits per heavy atom. The van der Waals surface area contributed by atoms with Crippen molar-refractivity contribution >= 4 is 19.1 Å². The van der Waals surface area contributed by atoms with Crippen LogP contribution in [-0.4, -0.2) is 18.7 Å². The summed E-state index contributed by atoms with van der Waals surface area (Å²) in [6.07, 6.45) is 1.73. The predicted molar refractivity (Wildman–Crippen MR) is 73.2 cm³/mol. The quantitative estimate of drug-likeness (QED) is 0.742. The van der Waals surface area contributed by atoms with Gasteiger partial charge in [0.2, 0.25) is 0 Å². The van der Waals surface area contributed by atoms with Crippen LogP contribution >= 0.6 is 0 Å². The minimum absolute atomic E-state index is 0.482. The van der Waals surface area contributed by atoms with E-state index in [1.54, 1.807) is 6.20 Å². The van der Waals surface area contributed by atoms with Crippen molar-refractivity contribution in [1.29, 1.82) is 0 Å². The van der Waals surface area contributed by atoms with Gasteiger partial charge in [-0.25, -0.2) is 0 Å². The number of aliphatic imine (C=N–C) groups is 1. The zero-order chi connectivity index (χ0) is 12.8. The summed E-state index contributed by atoms with van der Waals surface area (Å²) in [6, 6.07) is 11.6. The van der Waals surface area contributed by atoms with E-state index in [0.717, 1.165) is 22.3 Å². The summed E-state index contributed by atoms with van der Waals surface area (Å²) in [5.41, 5.74) is 8.99. The molecule has 1 aromatic carbocycles. The summed E-state index contributed by atoms with van der Waals surface area (Å²) >= 11 is 0. The second-order valence-electron chi connectivity index (χ2n) is 4.59. The number of aromatic nitrogens is 1. The average molecular weight is 233 g/mol. The van der Waals surface area contributed by atoms with Gasteiger partial charge in [-0.1, -0.05) is 35.8 Å². The monoisotopic (exact) mass is 233 g/mol. The van der Waals surface area contributed by atoms with E-state index in [1.165, 1.54) is 0 Å². The molecule has 1 aliphatic heterocycles. The molecule has 0 saturated heterocycles. The number of fused-ring (bicyclic) bond motifs is 1. The van der Waals surface area contributed by atoms with E-state index in [4.69, 9.17) is 13.6 Å². The smallest absolute Gasteiger partial charge is 0.146 e. The molecule has 86 valence electrons. The Kier molecular flexibility index (Phi) is 2.27. The van der Waals surface area contributed by atoms with E-state index in [-0.39, 0.29) is 0 Å². The van der Waals surface area contributed by atoms with Crippen LogP contribution in [0.4, 0.5) is 0 Å². The molecule has 18 heavy (non-hydrogen) atoms. The van der Waals surface area contributed by atoms with Crippen molar-refractivity contribution in [3.63, 3.8) is 0 Å². The molecule has 2 heterocycles. The zero-order valence-corrected chi connectivity index (χ0v) is 10.1. The van der Waals surface area contributed by atoms with E-state index >= 15 is 0 Å². The van der Waals surface area contributed by atoms with Gasteiger partial charge < -0.3 is 5.73 Å². The molecule has 4 heteroatoms. The molecular weight excluding hydrogens is 221 g/mol. The van der Waals surface area contributed by atoms with Gasteiger partial charge in [0, 0.05) is 11.8 Å². The van der Waals surface area contributed by atoms with Crippen LogP contribution < -0.4 is 11.2 Å². The van der Waals surface area contributed by atoms with Crippen molar-refractivity contribution < 1.29 is 0 Å². The Morgan fingerprint density at radius 1 is 1.22 bits per heavy atom. The van der Waals surface area contributed by atoms with Crippen molar-refractivity contribution in [2.45, 2.75) is 12.5 Å². The van der Waals surface area contributed by atoms with E-state index in [0.29, 0.717) is 5.84 Å². The fraction of sp³-hybridized carbons (Fsp3) is 0.143. The second-order valence-corrected chi connectivity index (χ2v) is 4.59. The summed E-state index contributed by atoms with van der Waals surface area (Å²) in [5.74, 6) is 0.482. The topological polar surface area (TPSA) is 51.3 Å². The lowest BCUT2D eigenvalue weighted by atomic mass is 9.83. The highest BCUT2D eigenvalue weighted by Gasteiger charge is 2.37. The third-order valence-electron chi connectivity index (χ3n) is 3.37. The second kappa shape index (κ2) is 3.70. The van der Waals surface area contributed by atoms with E-state index in [2.05, 4.69) is 9.98 Å². The number of benzene rings is 1. The highest BCUT2D eigenvalue weighted by Crippen LogP contribution is 2.38. The first-order chi connectivity index (χ1) is 8.61. The van der Waals surface area contributed by atoms with Crippen LogP contribution in [0.15, 0.2) is 47.6 Å². The van der Waals surface area contributed by atoms with Gasteiger partial charge in [-0.3, -0.25) is 9.98 Å². The first kappa shape index (κ1) is 11.0. The van der Waals surface area contributed by atoms with Gasteiger partial charge in [-0.15, -0.1) is 0 Å². The molecule has 0 aliphatic carbocycles. The average Bonchev–Trinajstić information content (AvgIpc) is 2.64. The van der Waals surface area contributed by atoms with Crippen LogP contribution in [0.3, 0.4) is 0 Å². The highest BCUT2D eigenvalue weighted by atomic mass is 15.0. The van der Waals surface area contributed by atoms with Crippen LogP contribution in [0.25, 0.3) is 0 Å². The lowest BCUT2D eigenvalue weighted by Crippen LogP contribution is -2.21. The van der Waals surface area contributed by atoms with Crippen molar-refractivity contribution in [2.75, 3.05) is 0 Å². The molecule has 2 aromatic rings. The van der Waals surface area contributed by atoms with Gasteiger partial charge in [0.05, 0.1) is 0 Å². The molecule has 1 aromatic heterocycles. The van der Waals surface area contributed by atoms with Crippen LogP contribution in [0.5, 0.6) is 0 Å². The molecule has 3 rings (SSSR count). The first-order valence-electron chi connectivity index (χ1n) is 5.78. The van der Waals surface area contributed by atoms with Crippen LogP contribution in [0, 0.1) is 0 Å². The molecule has 0 amide bonds. The summed E-state index contributed by atoms with van der Waals surface area (Å²) in [4.78, 5) is 8.87. The van der Waals surface area contributed by atoms with Gasteiger partial charge in [0.15, 0.2) is 0 Å². The lowest BCUT2D eigenvalue weighted by molar-refractivity contribution is 0.620. The Bertz CT molecular complexity index is 651. The Balaban J connectivity index is 2.24. The van der Waals surface area contributed by atoms with Crippen molar-refractivity contribution in [1.82, 2.24) is 4.98 Å². The summed E-state index contributed by atoms with van der Waals surface area (Å²) in [5, 5.41) is 0. The predicted octanol–water partition coefficient (Wildman–Crippen LogP) is 0.858. The number of hydrogen-bond donors (Lipinski definition) is 1. The van der Waals surface area contributed by atoms with Crippen LogP contribution in [-0.2, 0) is 5.54 Å². The maximum absolute atomic E-state index is 5.95. The third kappa shape index (κ3) is 1.45. The van der Waals surface area contributed by atoms with Gasteiger partial charge in [-0.2, -0.15) is 0 Å². The van der Waals surface area contributed by atoms with Gasteiger partial charge in [0.25, 0.3) is 0 Å². The molecule has 2 N–H and O–H groups in total. The SMILES string of the molecule is [B]c1cccc(C2(C)N=C(N)c3ncccc32)c1. The maximum atomic E-state index is 5.95. The normalized spacial score (nSPS) is 21.5.